The third-order valence-corrected chi connectivity index (χ3v) is 31.6. The molecule has 0 radical (unpaired) electrons. The van der Waals surface area contributed by atoms with Crippen LogP contribution >= 0.6 is 40.3 Å². The van der Waals surface area contributed by atoms with Crippen molar-refractivity contribution in [3.05, 3.63) is 144 Å². The van der Waals surface area contributed by atoms with E-state index in [1.54, 1.807) is 55.4 Å². The summed E-state index contributed by atoms with van der Waals surface area (Å²) in [6.07, 6.45) is -16.3. The van der Waals surface area contributed by atoms with E-state index in [0.717, 1.165) is 34.5 Å². The van der Waals surface area contributed by atoms with Gasteiger partial charge in [-0.1, -0.05) is 34.6 Å². The number of aryl methyl sites for hydroxylation is 6. The van der Waals surface area contributed by atoms with Gasteiger partial charge in [0, 0.05) is 114 Å². The Balaban J connectivity index is 0.773. The zero-order chi connectivity index (χ0) is 93.3. The van der Waals surface area contributed by atoms with Crippen LogP contribution in [0.15, 0.2) is 70.7 Å². The van der Waals surface area contributed by atoms with Crippen LogP contribution in [0.3, 0.4) is 0 Å². The highest BCUT2D eigenvalue weighted by Gasteiger charge is 2.55. The molecular weight excluding hydrogens is 1920 g/mol. The predicted molar refractivity (Wildman–Crippen MR) is 470 cm³/mol. The van der Waals surface area contributed by atoms with Crippen molar-refractivity contribution in [2.45, 2.75) is 193 Å². The van der Waals surface area contributed by atoms with E-state index in [-0.39, 0.29) is 41.1 Å². The number of H-pyrrole nitrogens is 1. The van der Waals surface area contributed by atoms with E-state index >= 15 is 0 Å². The lowest BCUT2D eigenvalue weighted by molar-refractivity contribution is -0.0587. The molecule has 0 aliphatic carbocycles. The van der Waals surface area contributed by atoms with Crippen LogP contribution in [-0.4, -0.2) is 212 Å². The van der Waals surface area contributed by atoms with Gasteiger partial charge in [-0.15, -0.1) is 0 Å². The van der Waals surface area contributed by atoms with Crippen molar-refractivity contribution in [2.75, 3.05) is 75.4 Å². The van der Waals surface area contributed by atoms with Crippen LogP contribution in [0.2, 0.25) is 0 Å². The molecule has 6 aromatic heterocycles. The highest BCUT2D eigenvalue weighted by atomic mass is 32.5. The smallest absolute Gasteiger partial charge is 0.351 e. The molecule has 6 saturated heterocycles. The third-order valence-electron chi connectivity index (χ3n) is 22.1. The number of aliphatic hydroxyl groups excluding tert-OH is 1. The number of aromatic amines is 1. The van der Waals surface area contributed by atoms with E-state index < -0.39 is 260 Å². The van der Waals surface area contributed by atoms with E-state index in [9.17, 15) is 68.0 Å². The molecule has 127 heavy (non-hydrogen) atoms. The van der Waals surface area contributed by atoms with Gasteiger partial charge >= 0.3 is 74.5 Å². The van der Waals surface area contributed by atoms with Gasteiger partial charge in [-0.2, -0.15) is 24.9 Å². The first-order valence-corrected chi connectivity index (χ1v) is 54.2. The number of ether oxygens (including phenoxy) is 6. The van der Waals surface area contributed by atoms with Gasteiger partial charge in [0.1, 0.15) is 134 Å². The maximum atomic E-state index is 13.8. The van der Waals surface area contributed by atoms with Crippen molar-refractivity contribution >= 4 is 140 Å². The van der Waals surface area contributed by atoms with Crippen molar-refractivity contribution in [1.29, 1.82) is 0 Å². The van der Waals surface area contributed by atoms with E-state index in [4.69, 9.17) is 182 Å². The molecule has 18 N–H and O–H groups in total. The maximum absolute atomic E-state index is 13.8. The highest BCUT2D eigenvalue weighted by molar-refractivity contribution is 8.08. The summed E-state index contributed by atoms with van der Waals surface area (Å²) in [6.45, 7) is -14.5. The first-order valence-electron chi connectivity index (χ1n) is 38.7. The molecule has 12 heterocycles. The third kappa shape index (κ3) is 23.2. The Bertz CT molecular complexity index is 5910. The lowest BCUT2D eigenvalue weighted by atomic mass is 10.0. The summed E-state index contributed by atoms with van der Waals surface area (Å²) < 4.78 is 116. The van der Waals surface area contributed by atoms with Crippen LogP contribution in [0.1, 0.15) is 112 Å². The van der Waals surface area contributed by atoms with E-state index in [1.807, 2.05) is 0 Å². The van der Waals surface area contributed by atoms with Gasteiger partial charge in [0.15, 0.2) is 0 Å². The normalized spacial score (nSPS) is 32.0. The van der Waals surface area contributed by atoms with Gasteiger partial charge < -0.3 is 146 Å². The summed E-state index contributed by atoms with van der Waals surface area (Å²) in [6, 6.07) is 0. The second kappa shape index (κ2) is 39.9. The fourth-order valence-electron chi connectivity index (χ4n) is 15.2. The van der Waals surface area contributed by atoms with Crippen LogP contribution < -0.4 is 68.4 Å². The number of nitrogens with two attached hydrogens (primary N) is 5. The van der Waals surface area contributed by atoms with Gasteiger partial charge in [-0.3, -0.25) is 37.2 Å². The Hall–Kier alpha value is -5.02. The van der Waals surface area contributed by atoms with Gasteiger partial charge in [0.25, 0.3) is 5.56 Å². The molecule has 12 rings (SSSR count). The van der Waals surface area contributed by atoms with Gasteiger partial charge in [-0.25, -0.2) is 28.8 Å². The Labute approximate surface area is 752 Å². The van der Waals surface area contributed by atoms with E-state index in [0.29, 0.717) is 27.8 Å². The summed E-state index contributed by atoms with van der Waals surface area (Å²) in [4.78, 5) is 186. The number of aliphatic hydroxyl groups is 1. The zero-order valence-corrected chi connectivity index (χ0v) is 79.7. The molecule has 12 unspecified atom stereocenters. The molecule has 0 amide bonds. The number of nitrogens with one attached hydrogen (secondary N) is 1. The molecule has 61 heteroatoms. The Morgan fingerprint density at radius 3 is 0.858 bits per heavy atom. The summed E-state index contributed by atoms with van der Waals surface area (Å²) in [5.41, 5.74) is 26.1. The van der Waals surface area contributed by atoms with Crippen LogP contribution in [0.5, 0.6) is 0 Å². The molecule has 0 spiro atoms. The summed E-state index contributed by atoms with van der Waals surface area (Å²) in [7, 11) is 1.10. The molecule has 6 fully saturated rings. The second-order valence-electron chi connectivity index (χ2n) is 31.1. The van der Waals surface area contributed by atoms with Gasteiger partial charge in [0.05, 0.1) is 45.7 Å². The average molecular weight is 2020 g/mol. The van der Waals surface area contributed by atoms with Crippen molar-refractivity contribution in [2.24, 2.45) is 29.6 Å². The average Bonchev–Trinajstić information content (AvgIpc) is 1.61. The van der Waals surface area contributed by atoms with Crippen LogP contribution in [0.25, 0.3) is 0 Å². The minimum atomic E-state index is -4.77. The second-order valence-corrected chi connectivity index (χ2v) is 48.0. The van der Waals surface area contributed by atoms with Gasteiger partial charge in [0.2, 0.25) is 0 Å². The van der Waals surface area contributed by atoms with Crippen molar-refractivity contribution < 1.29 is 117 Å². The number of aromatic nitrogens is 12. The van der Waals surface area contributed by atoms with Crippen LogP contribution in [-0.2, 0) is 154 Å². The number of anilines is 5. The maximum Gasteiger partial charge on any atom is 0.351 e. The molecule has 6 aliphatic rings. The molecule has 6 aromatic rings. The standard InChI is InChI=1S/C66H97N17O32P6S6/c1-26-14-79(61(86)72-50(26)67)56-32(7)45(38(20-84)105-56)111-118(94,124)100-22-40-47(34(9)58(106-40)81-16-28(3)52(69)74-63(81)88)113-120(96,126)102-24-42-49(36(11)60(108-42)83-18-30(5)54(71)76-65(83)90)115-121(97,127)103-25-43-48(35(10)59(109-43)82-17-29(4)53(70)75-64(82)89)114-119(95,125)101-23-41-46(33(8)57(107-41)80-15-27(2)51(68)73-62(80)87)112-117(93,123)99-21-39-37(110-116(92,122)98-12)13-44(104-39)78-19-31(6)55(85)77-66(78)91/h14-19,32-49,56-60,84H,13,20-25H2,1-12H3,(H,92,122)(H,93,123)(H,94,124)(H,95,125)(H,96,126)(H,97,127)(H2,67,72,86)(H2,68,73,87)(H2,69,74,88)(H2,70,75,89)(H2,71,76,90)(H,77,85,91)/t32-,33-,34-,35-,36-,37?,38+,39+,40+,41+,42+,43+,44+,45?,46?,47?,48?,49?,56+,57+,58+,59+,60+,116?,117?,118?,119?,120?,121?/m0/s1. The molecular formula is C66H97N17O32P6S6. The SMILES string of the molecule is COP(O)(=S)OC1C[C@H](n2cc(C)c(=O)[nH]c2=O)O[C@@H]1COP(O)(=S)OC1[C@@H](COP(O)(=S)OC2[C@@H](COP(O)(=S)OC3[C@@H](COP(O)(=S)OC4[C@@H](COP(O)(=S)OC5[C@@H](CO)O[C@@H](n6cc(C)c(N)nc6=O)[C@H]5C)O[C@@H](n5cc(C)c(N)nc5=O)[C@H]4C)O[C@@H](n4cc(C)c(N)nc4=O)[C@H]3C)O[C@@H](n3cc(C)c(N)nc3=O)[C@H]2C)O[C@@H](n2cc(C)c(N)nc2=O)[C@H]1C. The largest absolute Gasteiger partial charge is 0.394 e. The first kappa shape index (κ1) is 101. The predicted octanol–water partition coefficient (Wildman–Crippen LogP) is 0.871. The number of hydrogen-bond donors (Lipinski definition) is 13. The van der Waals surface area contributed by atoms with Crippen molar-refractivity contribution in [3.63, 3.8) is 0 Å². The summed E-state index contributed by atoms with van der Waals surface area (Å²) in [5, 5.41) is 10.5. The molecule has 704 valence electrons. The van der Waals surface area contributed by atoms with Gasteiger partial charge in [-0.05, 0) is 112 Å². The monoisotopic (exact) mass is 2020 g/mol. The van der Waals surface area contributed by atoms with Crippen molar-refractivity contribution in [1.82, 2.24) is 57.3 Å². The number of rotatable bonds is 35. The Morgan fingerprint density at radius 1 is 0.370 bits per heavy atom. The molecule has 29 atom stereocenters. The minimum Gasteiger partial charge on any atom is -0.394 e. The zero-order valence-electron chi connectivity index (χ0n) is 69.5. The molecule has 6 aliphatic heterocycles. The van der Waals surface area contributed by atoms with E-state index in [2.05, 4.69) is 29.9 Å². The lowest BCUT2D eigenvalue weighted by Crippen LogP contribution is -2.35. The molecule has 0 bridgehead atoms. The number of nitrogen functional groups attached to an aromatic ring is 5. The molecule has 49 nitrogen and oxygen atoms in total. The lowest BCUT2D eigenvalue weighted by Gasteiger charge is -2.30. The van der Waals surface area contributed by atoms with Crippen LogP contribution in [0.4, 0.5) is 29.1 Å². The fourth-order valence-corrected chi connectivity index (χ4v) is 23.8. The Kier molecular flexibility index (Phi) is 31.7. The number of hydrogen-bond acceptors (Lipinski definition) is 42. The van der Waals surface area contributed by atoms with E-state index in [1.165, 1.54) is 58.0 Å². The van der Waals surface area contributed by atoms with Crippen LogP contribution in [0, 0.1) is 71.1 Å². The highest BCUT2D eigenvalue weighted by Crippen LogP contribution is 2.59. The Morgan fingerprint density at radius 2 is 0.606 bits per heavy atom. The fraction of sp³-hybridized carbons (Fsp3) is 0.636. The first-order chi connectivity index (χ1) is 59.2. The molecule has 0 aromatic carbocycles. The molecule has 0 saturated carbocycles. The summed E-state index contributed by atoms with van der Waals surface area (Å²) in [5.74, 6) is -5.36. The quantitative estimate of drug-likeness (QED) is 0.0246. The summed E-state index contributed by atoms with van der Waals surface area (Å²) >= 11 is 33.4. The minimum absolute atomic E-state index is 0.0187. The number of nitrogens with zero attached hydrogens (tertiary/aromatic N) is 11. The van der Waals surface area contributed by atoms with Crippen molar-refractivity contribution in [3.8, 4) is 0 Å². The topological polar surface area (TPSA) is 667 Å².